The molecule has 1 N–H and O–H groups in total. The summed E-state index contributed by atoms with van der Waals surface area (Å²) >= 11 is 1.33. The lowest BCUT2D eigenvalue weighted by molar-refractivity contribution is -0.115. The predicted octanol–water partition coefficient (Wildman–Crippen LogP) is 6.06. The first kappa shape index (κ1) is 25.1. The zero-order valence-electron chi connectivity index (χ0n) is 20.7. The Morgan fingerprint density at radius 3 is 2.37 bits per heavy atom. The van der Waals surface area contributed by atoms with Crippen LogP contribution < -0.4 is 5.32 Å². The van der Waals surface area contributed by atoms with Gasteiger partial charge in [-0.25, -0.2) is 0 Å². The lowest BCUT2D eigenvalue weighted by Gasteiger charge is -2.18. The van der Waals surface area contributed by atoms with Crippen LogP contribution in [0.1, 0.15) is 33.7 Å². The summed E-state index contributed by atoms with van der Waals surface area (Å²) in [6.07, 6.45) is 3.47. The van der Waals surface area contributed by atoms with E-state index in [1.807, 2.05) is 77.4 Å². The van der Waals surface area contributed by atoms with E-state index in [-0.39, 0.29) is 11.7 Å². The lowest BCUT2D eigenvalue weighted by atomic mass is 10.1. The maximum Gasteiger partial charge on any atom is 0.242 e. The summed E-state index contributed by atoms with van der Waals surface area (Å²) in [5.74, 6) is 0.386. The van der Waals surface area contributed by atoms with E-state index in [1.165, 1.54) is 18.7 Å². The maximum absolute atomic E-state index is 13.7. The highest BCUT2D eigenvalue weighted by molar-refractivity contribution is 8.00. The Hall–Kier alpha value is -4.56. The largest absolute Gasteiger partial charge is 0.325 e. The minimum Gasteiger partial charge on any atom is -0.325 e. The smallest absolute Gasteiger partial charge is 0.242 e. The Morgan fingerprint density at radius 1 is 0.895 bits per heavy atom. The van der Waals surface area contributed by atoms with Crippen molar-refractivity contribution in [1.29, 1.82) is 0 Å². The molecule has 1 unspecified atom stereocenters. The molecular weight excluding hydrogens is 494 g/mol. The molecule has 5 rings (SSSR count). The summed E-state index contributed by atoms with van der Waals surface area (Å²) in [6, 6.07) is 30.4. The third-order valence-electron chi connectivity index (χ3n) is 5.92. The molecule has 1 atom stereocenters. The second kappa shape index (κ2) is 11.7. The summed E-state index contributed by atoms with van der Waals surface area (Å²) in [5, 5.41) is 12.0. The van der Waals surface area contributed by atoms with E-state index in [1.54, 1.807) is 36.7 Å². The number of nitrogens with one attached hydrogen (secondary N) is 1. The number of amides is 1. The lowest BCUT2D eigenvalue weighted by Crippen LogP contribution is -2.20. The molecular formula is C30H25N5O2S. The number of thioether (sulfide) groups is 1. The zero-order chi connectivity index (χ0) is 26.3. The van der Waals surface area contributed by atoms with Crippen molar-refractivity contribution in [3.05, 3.63) is 126 Å². The van der Waals surface area contributed by atoms with Crippen molar-refractivity contribution in [1.82, 2.24) is 19.7 Å². The maximum atomic E-state index is 13.7. The molecule has 0 bridgehead atoms. The number of carbonyl (C=O) groups excluding carboxylic acids is 2. The molecule has 2 heterocycles. The van der Waals surface area contributed by atoms with E-state index in [4.69, 9.17) is 0 Å². The number of hydrogen-bond acceptors (Lipinski definition) is 6. The second-order valence-electron chi connectivity index (χ2n) is 8.65. The van der Waals surface area contributed by atoms with Gasteiger partial charge in [0.15, 0.2) is 16.8 Å². The quantitative estimate of drug-likeness (QED) is 0.188. The second-order valence-corrected chi connectivity index (χ2v) is 9.73. The number of benzene rings is 3. The van der Waals surface area contributed by atoms with Gasteiger partial charge in [-0.05, 0) is 42.3 Å². The van der Waals surface area contributed by atoms with Gasteiger partial charge in [-0.3, -0.25) is 19.1 Å². The fourth-order valence-corrected chi connectivity index (χ4v) is 5.06. The van der Waals surface area contributed by atoms with E-state index < -0.39 is 5.25 Å². The molecule has 5 aromatic rings. The van der Waals surface area contributed by atoms with Crippen molar-refractivity contribution in [2.75, 3.05) is 5.32 Å². The molecule has 0 aliphatic rings. The minimum atomic E-state index is -0.613. The summed E-state index contributed by atoms with van der Waals surface area (Å²) in [6.45, 7) is 2.03. The molecule has 3 aromatic carbocycles. The number of nitrogens with zero attached hydrogens (tertiary/aromatic N) is 4. The van der Waals surface area contributed by atoms with E-state index in [9.17, 15) is 9.59 Å². The molecule has 7 nitrogen and oxygen atoms in total. The van der Waals surface area contributed by atoms with Crippen LogP contribution in [0, 0.1) is 0 Å². The van der Waals surface area contributed by atoms with Gasteiger partial charge >= 0.3 is 0 Å². The van der Waals surface area contributed by atoms with Gasteiger partial charge in [0.2, 0.25) is 5.91 Å². The first-order valence-corrected chi connectivity index (χ1v) is 13.0. The molecule has 2 aromatic heterocycles. The highest BCUT2D eigenvalue weighted by Crippen LogP contribution is 2.37. The van der Waals surface area contributed by atoms with Crippen molar-refractivity contribution in [2.24, 2.45) is 0 Å². The van der Waals surface area contributed by atoms with E-state index in [2.05, 4.69) is 20.5 Å². The van der Waals surface area contributed by atoms with Gasteiger partial charge in [-0.2, -0.15) is 0 Å². The molecule has 0 aliphatic carbocycles. The van der Waals surface area contributed by atoms with Gasteiger partial charge in [0.1, 0.15) is 5.25 Å². The Bertz CT molecular complexity index is 1540. The fraction of sp³-hybridized carbons (Fsp3) is 0.100. The molecule has 0 radical (unpaired) electrons. The van der Waals surface area contributed by atoms with E-state index in [0.717, 1.165) is 16.7 Å². The number of anilines is 1. The number of aromatic nitrogens is 4. The summed E-state index contributed by atoms with van der Waals surface area (Å²) in [5.41, 5.74) is 3.85. The van der Waals surface area contributed by atoms with Gasteiger partial charge < -0.3 is 5.32 Å². The third-order valence-corrected chi connectivity index (χ3v) is 7.16. The van der Waals surface area contributed by atoms with Crippen molar-refractivity contribution in [3.8, 4) is 11.4 Å². The number of carbonyl (C=O) groups is 2. The average molecular weight is 520 g/mol. The van der Waals surface area contributed by atoms with Gasteiger partial charge in [-0.15, -0.1) is 10.2 Å². The molecule has 0 saturated heterocycles. The number of ketones is 1. The van der Waals surface area contributed by atoms with Gasteiger partial charge in [0, 0.05) is 29.2 Å². The van der Waals surface area contributed by atoms with Crippen molar-refractivity contribution in [3.63, 3.8) is 0 Å². The first-order valence-electron chi connectivity index (χ1n) is 12.1. The Labute approximate surface area is 225 Å². The Balaban J connectivity index is 1.51. The van der Waals surface area contributed by atoms with Crippen LogP contribution in [0.25, 0.3) is 11.4 Å². The zero-order valence-corrected chi connectivity index (χ0v) is 21.5. The normalized spacial score (nSPS) is 11.6. The van der Waals surface area contributed by atoms with Crippen LogP contribution in [0.15, 0.2) is 115 Å². The Morgan fingerprint density at radius 2 is 1.66 bits per heavy atom. The van der Waals surface area contributed by atoms with Crippen LogP contribution in [-0.4, -0.2) is 31.4 Å². The number of rotatable bonds is 9. The van der Waals surface area contributed by atoms with Gasteiger partial charge in [0.25, 0.3) is 0 Å². The first-order chi connectivity index (χ1) is 18.6. The topological polar surface area (TPSA) is 89.8 Å². The summed E-state index contributed by atoms with van der Waals surface area (Å²) < 4.78 is 2.01. The summed E-state index contributed by atoms with van der Waals surface area (Å²) in [7, 11) is 0. The summed E-state index contributed by atoms with van der Waals surface area (Å²) in [4.78, 5) is 29.8. The fourth-order valence-electron chi connectivity index (χ4n) is 4.02. The number of hydrogen-bond donors (Lipinski definition) is 1. The number of Topliss-reactive ketones (excluding diaryl/α,β-unsaturated/α-hetero) is 1. The van der Waals surface area contributed by atoms with E-state index in [0.29, 0.717) is 28.8 Å². The van der Waals surface area contributed by atoms with Crippen LogP contribution in [-0.2, 0) is 11.3 Å². The standard InChI is InChI=1S/C30H25N5O2S/c1-21(36)24-14-8-16-26(18-24)32-29(37)27(23-12-6-3-7-13-23)38-30-34-33-28(25-15-9-17-31-19-25)35(30)20-22-10-4-2-5-11-22/h2-19,27H,20H2,1H3,(H,32,37). The molecule has 0 saturated carbocycles. The molecule has 8 heteroatoms. The monoisotopic (exact) mass is 519 g/mol. The SMILES string of the molecule is CC(=O)c1cccc(NC(=O)C(Sc2nnc(-c3cccnc3)n2Cc2ccccc2)c2ccccc2)c1. The molecule has 38 heavy (non-hydrogen) atoms. The highest BCUT2D eigenvalue weighted by atomic mass is 32.2. The molecule has 188 valence electrons. The van der Waals surface area contributed by atoms with Crippen molar-refractivity contribution >= 4 is 29.1 Å². The van der Waals surface area contributed by atoms with E-state index >= 15 is 0 Å². The van der Waals surface area contributed by atoms with Crippen molar-refractivity contribution < 1.29 is 9.59 Å². The molecule has 0 aliphatic heterocycles. The molecule has 0 fully saturated rings. The van der Waals surface area contributed by atoms with Crippen molar-refractivity contribution in [2.45, 2.75) is 23.9 Å². The number of pyridine rings is 1. The Kier molecular flexibility index (Phi) is 7.70. The molecule has 0 spiro atoms. The highest BCUT2D eigenvalue weighted by Gasteiger charge is 2.26. The average Bonchev–Trinajstić information content (AvgIpc) is 3.35. The van der Waals surface area contributed by atoms with Gasteiger partial charge in [-0.1, -0.05) is 84.6 Å². The van der Waals surface area contributed by atoms with Gasteiger partial charge in [0.05, 0.1) is 6.54 Å². The minimum absolute atomic E-state index is 0.0629. The third kappa shape index (κ3) is 5.87. The van der Waals surface area contributed by atoms with Crippen LogP contribution in [0.4, 0.5) is 5.69 Å². The van der Waals surface area contributed by atoms with Crippen LogP contribution in [0.3, 0.4) is 0 Å². The van der Waals surface area contributed by atoms with Crippen LogP contribution in [0.2, 0.25) is 0 Å². The van der Waals surface area contributed by atoms with Crippen LogP contribution in [0.5, 0.6) is 0 Å². The molecule has 1 amide bonds. The predicted molar refractivity (Wildman–Crippen MR) is 149 cm³/mol. The van der Waals surface area contributed by atoms with Crippen LogP contribution >= 0.6 is 11.8 Å².